The molecule has 0 saturated carbocycles. The van der Waals surface area contributed by atoms with Gasteiger partial charge in [-0.3, -0.25) is 4.79 Å². The zero-order valence-corrected chi connectivity index (χ0v) is 14.8. The van der Waals surface area contributed by atoms with Crippen molar-refractivity contribution in [3.05, 3.63) is 39.8 Å². The number of methoxy groups -OCH3 is 1. The van der Waals surface area contributed by atoms with E-state index in [-0.39, 0.29) is 18.4 Å². The van der Waals surface area contributed by atoms with E-state index in [1.54, 1.807) is 28.5 Å². The first kappa shape index (κ1) is 17.2. The van der Waals surface area contributed by atoms with E-state index in [0.29, 0.717) is 35.2 Å². The molecule has 1 aliphatic heterocycles. The molecule has 0 spiro atoms. The fraction of sp³-hybridized carbons (Fsp3) is 0.353. The molecule has 0 N–H and O–H groups in total. The molecule has 0 fully saturated rings. The molecule has 0 atom stereocenters. The van der Waals surface area contributed by atoms with Crippen molar-refractivity contribution in [3.8, 4) is 11.5 Å². The second kappa shape index (κ2) is 7.52. The average molecular weight is 362 g/mol. The molecule has 0 bridgehead atoms. The summed E-state index contributed by atoms with van der Waals surface area (Å²) >= 11 is 1.33. The predicted molar refractivity (Wildman–Crippen MR) is 91.1 cm³/mol. The van der Waals surface area contributed by atoms with Crippen LogP contribution < -0.4 is 9.47 Å². The molecule has 1 aromatic heterocycles. The first-order chi connectivity index (χ1) is 12.1. The van der Waals surface area contributed by atoms with Crippen molar-refractivity contribution < 1.29 is 23.8 Å². The van der Waals surface area contributed by atoms with Gasteiger partial charge in [-0.2, -0.15) is 0 Å². The maximum atomic E-state index is 12.9. The molecule has 1 aromatic carbocycles. The predicted octanol–water partition coefficient (Wildman–Crippen LogP) is 2.71. The lowest BCUT2D eigenvalue weighted by Gasteiger charge is -2.21. The number of carbonyl (C=O) groups excluding carboxylic acids is 2. The monoisotopic (exact) mass is 362 g/mol. The lowest BCUT2D eigenvalue weighted by molar-refractivity contribution is 0.0594. The normalized spacial score (nSPS) is 12.1. The minimum absolute atomic E-state index is 0.116. The van der Waals surface area contributed by atoms with Crippen LogP contribution in [-0.2, 0) is 11.3 Å². The fourth-order valence-electron chi connectivity index (χ4n) is 2.48. The molecule has 1 amide bonds. The summed E-state index contributed by atoms with van der Waals surface area (Å²) in [4.78, 5) is 30.3. The molecule has 2 heterocycles. The number of fused-ring (bicyclic) bond motifs is 1. The van der Waals surface area contributed by atoms with Crippen molar-refractivity contribution in [3.63, 3.8) is 0 Å². The molecule has 0 unspecified atom stereocenters. The lowest BCUT2D eigenvalue weighted by Crippen LogP contribution is -2.31. The summed E-state index contributed by atoms with van der Waals surface area (Å²) < 4.78 is 15.3. The third kappa shape index (κ3) is 3.74. The number of esters is 1. The highest BCUT2D eigenvalue weighted by molar-refractivity contribution is 7.09. The number of rotatable bonds is 6. The maximum absolute atomic E-state index is 12.9. The van der Waals surface area contributed by atoms with Gasteiger partial charge in [0.05, 0.1) is 13.7 Å². The van der Waals surface area contributed by atoms with E-state index >= 15 is 0 Å². The summed E-state index contributed by atoms with van der Waals surface area (Å²) in [5.41, 5.74) is 0.789. The Morgan fingerprint density at radius 2 is 2.12 bits per heavy atom. The maximum Gasteiger partial charge on any atom is 0.357 e. The van der Waals surface area contributed by atoms with Crippen LogP contribution in [0.3, 0.4) is 0 Å². The van der Waals surface area contributed by atoms with Gasteiger partial charge < -0.3 is 19.1 Å². The highest BCUT2D eigenvalue weighted by Crippen LogP contribution is 2.33. The van der Waals surface area contributed by atoms with E-state index in [2.05, 4.69) is 9.72 Å². The molecule has 8 heteroatoms. The SMILES string of the molecule is CCCN(Cc1nc(C(=O)OC)cs1)C(=O)c1ccc2c(c1)OCO2. The van der Waals surface area contributed by atoms with E-state index in [1.165, 1.54) is 18.4 Å². The van der Waals surface area contributed by atoms with Crippen LogP contribution in [0.4, 0.5) is 0 Å². The number of hydrogen-bond acceptors (Lipinski definition) is 7. The molecule has 0 saturated heterocycles. The molecular weight excluding hydrogens is 344 g/mol. The summed E-state index contributed by atoms with van der Waals surface area (Å²) in [6.07, 6.45) is 0.811. The van der Waals surface area contributed by atoms with E-state index in [9.17, 15) is 9.59 Å². The molecule has 0 aliphatic carbocycles. The third-order valence-corrected chi connectivity index (χ3v) is 4.51. The fourth-order valence-corrected chi connectivity index (χ4v) is 3.26. The number of aromatic nitrogens is 1. The van der Waals surface area contributed by atoms with Gasteiger partial charge in [0.1, 0.15) is 5.01 Å². The quantitative estimate of drug-likeness (QED) is 0.735. The summed E-state index contributed by atoms with van der Waals surface area (Å²) in [5.74, 6) is 0.618. The van der Waals surface area contributed by atoms with Crippen LogP contribution in [0.2, 0.25) is 0 Å². The molecule has 7 nitrogen and oxygen atoms in total. The molecule has 0 radical (unpaired) electrons. The molecular formula is C17H18N2O5S. The summed E-state index contributed by atoms with van der Waals surface area (Å²) in [7, 11) is 1.31. The Morgan fingerprint density at radius 1 is 1.32 bits per heavy atom. The van der Waals surface area contributed by atoms with Crippen LogP contribution >= 0.6 is 11.3 Å². The van der Waals surface area contributed by atoms with Gasteiger partial charge in [0.2, 0.25) is 6.79 Å². The second-order valence-corrected chi connectivity index (χ2v) is 6.36. The smallest absolute Gasteiger partial charge is 0.357 e. The van der Waals surface area contributed by atoms with Gasteiger partial charge in [-0.25, -0.2) is 9.78 Å². The van der Waals surface area contributed by atoms with Gasteiger partial charge in [0.15, 0.2) is 17.2 Å². The van der Waals surface area contributed by atoms with Crippen LogP contribution in [0.1, 0.15) is 39.2 Å². The summed E-state index contributed by atoms with van der Waals surface area (Å²) in [5, 5.41) is 2.32. The van der Waals surface area contributed by atoms with E-state index in [0.717, 1.165) is 6.42 Å². The molecule has 25 heavy (non-hydrogen) atoms. The van der Waals surface area contributed by atoms with Crippen molar-refractivity contribution in [2.45, 2.75) is 19.9 Å². The Bertz CT molecular complexity index is 789. The average Bonchev–Trinajstić information content (AvgIpc) is 3.28. The van der Waals surface area contributed by atoms with Crippen LogP contribution in [-0.4, -0.2) is 42.2 Å². The largest absolute Gasteiger partial charge is 0.464 e. The second-order valence-electron chi connectivity index (χ2n) is 5.41. The van der Waals surface area contributed by atoms with E-state index in [4.69, 9.17) is 9.47 Å². The first-order valence-electron chi connectivity index (χ1n) is 7.84. The molecule has 1 aliphatic rings. The number of thiazole rings is 1. The number of carbonyl (C=O) groups is 2. The Kier molecular flexibility index (Phi) is 5.18. The molecule has 132 valence electrons. The Morgan fingerprint density at radius 3 is 2.88 bits per heavy atom. The highest BCUT2D eigenvalue weighted by atomic mass is 32.1. The topological polar surface area (TPSA) is 78.0 Å². The zero-order chi connectivity index (χ0) is 17.8. The lowest BCUT2D eigenvalue weighted by atomic mass is 10.1. The van der Waals surface area contributed by atoms with Crippen LogP contribution in [0, 0.1) is 0 Å². The van der Waals surface area contributed by atoms with Crippen molar-refractivity contribution in [1.29, 1.82) is 0 Å². The number of benzene rings is 1. The van der Waals surface area contributed by atoms with Crippen molar-refractivity contribution in [2.75, 3.05) is 20.4 Å². The number of amides is 1. The van der Waals surface area contributed by atoms with Gasteiger partial charge in [0, 0.05) is 17.5 Å². The van der Waals surface area contributed by atoms with Gasteiger partial charge in [-0.15, -0.1) is 11.3 Å². The summed E-state index contributed by atoms with van der Waals surface area (Å²) in [6.45, 7) is 3.09. The van der Waals surface area contributed by atoms with Crippen molar-refractivity contribution in [2.24, 2.45) is 0 Å². The first-order valence-corrected chi connectivity index (χ1v) is 8.72. The standard InChI is InChI=1S/C17H18N2O5S/c1-3-6-19(8-15-18-12(9-25-15)17(21)22-2)16(20)11-4-5-13-14(7-11)24-10-23-13/h4-5,7,9H,3,6,8,10H2,1-2H3. The molecule has 2 aromatic rings. The number of hydrogen-bond donors (Lipinski definition) is 0. The van der Waals surface area contributed by atoms with Gasteiger partial charge in [0.25, 0.3) is 5.91 Å². The van der Waals surface area contributed by atoms with Crippen LogP contribution in [0.15, 0.2) is 23.6 Å². The van der Waals surface area contributed by atoms with Crippen LogP contribution in [0.5, 0.6) is 11.5 Å². The molecule has 3 rings (SSSR count). The highest BCUT2D eigenvalue weighted by Gasteiger charge is 2.21. The van der Waals surface area contributed by atoms with Gasteiger partial charge in [-0.1, -0.05) is 6.92 Å². The summed E-state index contributed by atoms with van der Waals surface area (Å²) in [6, 6.07) is 5.15. The van der Waals surface area contributed by atoms with Gasteiger partial charge in [-0.05, 0) is 24.6 Å². The zero-order valence-electron chi connectivity index (χ0n) is 14.0. The number of nitrogens with zero attached hydrogens (tertiary/aromatic N) is 2. The van der Waals surface area contributed by atoms with Gasteiger partial charge >= 0.3 is 5.97 Å². The van der Waals surface area contributed by atoms with E-state index < -0.39 is 5.97 Å². The minimum Gasteiger partial charge on any atom is -0.464 e. The Balaban J connectivity index is 1.77. The Labute approximate surface area is 149 Å². The van der Waals surface area contributed by atoms with E-state index in [1.807, 2.05) is 6.92 Å². The van der Waals surface area contributed by atoms with Crippen LogP contribution in [0.25, 0.3) is 0 Å². The number of ether oxygens (including phenoxy) is 3. The van der Waals surface area contributed by atoms with Crippen molar-refractivity contribution in [1.82, 2.24) is 9.88 Å². The van der Waals surface area contributed by atoms with Crippen molar-refractivity contribution >= 4 is 23.2 Å². The third-order valence-electron chi connectivity index (χ3n) is 3.67. The minimum atomic E-state index is -0.480. The Hall–Kier alpha value is -2.61.